The van der Waals surface area contributed by atoms with Crippen molar-refractivity contribution in [1.82, 2.24) is 9.78 Å². The Hall–Kier alpha value is -4.12. The molecule has 146 valence electrons. The number of aromatic nitrogens is 2. The van der Waals surface area contributed by atoms with Gasteiger partial charge in [-0.1, -0.05) is 78.9 Å². The molecule has 1 aromatic heterocycles. The van der Waals surface area contributed by atoms with Crippen LogP contribution in [0.15, 0.2) is 103 Å². The lowest BCUT2D eigenvalue weighted by molar-refractivity contribution is 0.102. The normalized spacial score (nSPS) is 14.9. The van der Waals surface area contributed by atoms with Gasteiger partial charge in [-0.05, 0) is 29.3 Å². The molecule has 1 aliphatic rings. The van der Waals surface area contributed by atoms with Crippen LogP contribution in [0, 0.1) is 0 Å². The Labute approximate surface area is 174 Å². The maximum atomic E-state index is 13.0. The number of hydrogen-bond acceptors (Lipinski definition) is 3. The highest BCUT2D eigenvalue weighted by atomic mass is 16.1. The molecule has 0 spiro atoms. The lowest BCUT2D eigenvalue weighted by atomic mass is 10.0. The number of para-hydroxylation sites is 1. The molecule has 0 saturated carbocycles. The fourth-order valence-corrected chi connectivity index (χ4v) is 3.66. The second-order valence-corrected chi connectivity index (χ2v) is 7.10. The monoisotopic (exact) mass is 392 g/mol. The lowest BCUT2D eigenvalue weighted by Gasteiger charge is -2.26. The maximum absolute atomic E-state index is 13.0. The Kier molecular flexibility index (Phi) is 4.62. The number of hydrogen-bond donors (Lipinski definition) is 2. The van der Waals surface area contributed by atoms with E-state index >= 15 is 0 Å². The Morgan fingerprint density at radius 1 is 0.867 bits per heavy atom. The fraction of sp³-hybridized carbons (Fsp3) is 0.0400. The molecule has 0 saturated heterocycles. The molecule has 1 atom stereocenters. The van der Waals surface area contributed by atoms with E-state index in [1.54, 1.807) is 6.20 Å². The van der Waals surface area contributed by atoms with Crippen LogP contribution in [0.5, 0.6) is 0 Å². The molecule has 0 aliphatic carbocycles. The van der Waals surface area contributed by atoms with Gasteiger partial charge in [0.25, 0.3) is 5.91 Å². The summed E-state index contributed by atoms with van der Waals surface area (Å²) in [6.45, 7) is 0. The minimum absolute atomic E-state index is 0.115. The molecule has 1 amide bonds. The first kappa shape index (κ1) is 17.9. The van der Waals surface area contributed by atoms with Crippen molar-refractivity contribution in [2.24, 2.45) is 0 Å². The first-order valence-corrected chi connectivity index (χ1v) is 9.83. The van der Waals surface area contributed by atoms with Crippen molar-refractivity contribution in [3.63, 3.8) is 0 Å². The molecule has 5 nitrogen and oxygen atoms in total. The van der Waals surface area contributed by atoms with E-state index in [2.05, 4.69) is 46.1 Å². The van der Waals surface area contributed by atoms with Crippen molar-refractivity contribution in [2.75, 3.05) is 10.6 Å². The van der Waals surface area contributed by atoms with E-state index < -0.39 is 0 Å². The highest BCUT2D eigenvalue weighted by Gasteiger charge is 2.27. The third kappa shape index (κ3) is 3.37. The van der Waals surface area contributed by atoms with E-state index in [0.717, 1.165) is 22.5 Å². The minimum atomic E-state index is -0.198. The molecular formula is C25H20N4O. The van der Waals surface area contributed by atoms with E-state index in [1.807, 2.05) is 71.4 Å². The predicted octanol–water partition coefficient (Wildman–Crippen LogP) is 5.19. The van der Waals surface area contributed by atoms with Crippen LogP contribution >= 0.6 is 0 Å². The summed E-state index contributed by atoms with van der Waals surface area (Å²) in [6.07, 6.45) is 3.77. The van der Waals surface area contributed by atoms with Gasteiger partial charge in [-0.3, -0.25) is 4.79 Å². The zero-order valence-electron chi connectivity index (χ0n) is 16.2. The van der Waals surface area contributed by atoms with Gasteiger partial charge in [0.05, 0.1) is 12.2 Å². The van der Waals surface area contributed by atoms with Gasteiger partial charge in [-0.25, -0.2) is 4.68 Å². The van der Waals surface area contributed by atoms with Crippen LogP contribution < -0.4 is 10.6 Å². The highest BCUT2D eigenvalue weighted by Crippen LogP contribution is 2.35. The van der Waals surface area contributed by atoms with Crippen LogP contribution in [0.2, 0.25) is 0 Å². The molecule has 4 aromatic rings. The number of amides is 1. The van der Waals surface area contributed by atoms with Gasteiger partial charge < -0.3 is 10.6 Å². The Morgan fingerprint density at radius 3 is 2.20 bits per heavy atom. The summed E-state index contributed by atoms with van der Waals surface area (Å²) in [5.41, 5.74) is 4.36. The van der Waals surface area contributed by atoms with E-state index in [9.17, 15) is 4.79 Å². The highest BCUT2D eigenvalue weighted by molar-refractivity contribution is 6.08. The molecule has 1 aliphatic heterocycles. The van der Waals surface area contributed by atoms with Crippen LogP contribution in [0.25, 0.3) is 5.70 Å². The van der Waals surface area contributed by atoms with Crippen molar-refractivity contribution < 1.29 is 4.79 Å². The van der Waals surface area contributed by atoms with Crippen LogP contribution in [0.4, 0.5) is 11.5 Å². The third-order valence-corrected chi connectivity index (χ3v) is 5.14. The first-order chi connectivity index (χ1) is 14.8. The molecule has 1 unspecified atom stereocenters. The largest absolute Gasteiger partial charge is 0.339 e. The summed E-state index contributed by atoms with van der Waals surface area (Å²) >= 11 is 0. The van der Waals surface area contributed by atoms with Crippen LogP contribution in [-0.2, 0) is 0 Å². The van der Waals surface area contributed by atoms with Gasteiger partial charge in [0.15, 0.2) is 0 Å². The molecule has 0 bridgehead atoms. The van der Waals surface area contributed by atoms with Gasteiger partial charge in [-0.2, -0.15) is 5.10 Å². The number of allylic oxidation sites excluding steroid dienone is 1. The quantitative estimate of drug-likeness (QED) is 0.502. The number of fused-ring (bicyclic) bond motifs is 1. The van der Waals surface area contributed by atoms with Crippen LogP contribution in [-0.4, -0.2) is 15.7 Å². The van der Waals surface area contributed by atoms with Gasteiger partial charge in [0.2, 0.25) is 0 Å². The fourth-order valence-electron chi connectivity index (χ4n) is 3.66. The summed E-state index contributed by atoms with van der Waals surface area (Å²) in [5.74, 6) is 0.481. The van der Waals surface area contributed by atoms with Crippen molar-refractivity contribution >= 4 is 23.1 Å². The second kappa shape index (κ2) is 7.72. The Morgan fingerprint density at radius 2 is 1.50 bits per heavy atom. The summed E-state index contributed by atoms with van der Waals surface area (Å²) in [5, 5.41) is 10.9. The number of benzene rings is 3. The van der Waals surface area contributed by atoms with E-state index in [4.69, 9.17) is 0 Å². The van der Waals surface area contributed by atoms with E-state index in [1.165, 1.54) is 0 Å². The van der Waals surface area contributed by atoms with Gasteiger partial charge >= 0.3 is 0 Å². The molecule has 5 rings (SSSR count). The molecule has 30 heavy (non-hydrogen) atoms. The standard InChI is InChI=1S/C25H20N4O/c30-25(27-20-14-8-3-9-15-20)21-17-26-29-23(19-12-6-2-7-13-19)16-22(28-24(21)29)18-10-4-1-5-11-18/h1-17,23,28H,(H,27,30). The molecule has 0 fully saturated rings. The van der Waals surface area contributed by atoms with Crippen molar-refractivity contribution in [1.29, 1.82) is 0 Å². The third-order valence-electron chi connectivity index (χ3n) is 5.14. The second-order valence-electron chi connectivity index (χ2n) is 7.10. The van der Waals surface area contributed by atoms with Gasteiger partial charge in [-0.15, -0.1) is 0 Å². The van der Waals surface area contributed by atoms with Gasteiger partial charge in [0, 0.05) is 11.4 Å². The number of anilines is 2. The summed E-state index contributed by atoms with van der Waals surface area (Å²) in [6, 6.07) is 29.6. The number of carbonyl (C=O) groups is 1. The topological polar surface area (TPSA) is 59.0 Å². The van der Waals surface area contributed by atoms with Crippen molar-refractivity contribution in [3.05, 3.63) is 120 Å². The Balaban J connectivity index is 1.56. The average Bonchev–Trinajstić information content (AvgIpc) is 3.24. The summed E-state index contributed by atoms with van der Waals surface area (Å²) < 4.78 is 1.86. The number of rotatable bonds is 4. The number of nitrogens with one attached hydrogen (secondary N) is 2. The van der Waals surface area contributed by atoms with Crippen molar-refractivity contribution in [3.8, 4) is 0 Å². The summed E-state index contributed by atoms with van der Waals surface area (Å²) in [7, 11) is 0. The SMILES string of the molecule is O=C(Nc1ccccc1)c1cnn2c1NC(c1ccccc1)=CC2c1ccccc1. The molecule has 0 radical (unpaired) electrons. The molecule has 2 heterocycles. The zero-order valence-corrected chi connectivity index (χ0v) is 16.2. The predicted molar refractivity (Wildman–Crippen MR) is 119 cm³/mol. The average molecular weight is 392 g/mol. The van der Waals surface area contributed by atoms with Crippen LogP contribution in [0.1, 0.15) is 27.5 Å². The van der Waals surface area contributed by atoms with Crippen LogP contribution in [0.3, 0.4) is 0 Å². The first-order valence-electron chi connectivity index (χ1n) is 9.83. The Bertz CT molecular complexity index is 1200. The smallest absolute Gasteiger partial charge is 0.261 e. The van der Waals surface area contributed by atoms with E-state index in [0.29, 0.717) is 11.4 Å². The molecule has 3 aromatic carbocycles. The molecule has 2 N–H and O–H groups in total. The minimum Gasteiger partial charge on any atom is -0.339 e. The number of carbonyl (C=O) groups excluding carboxylic acids is 1. The molecule has 5 heteroatoms. The van der Waals surface area contributed by atoms with Crippen molar-refractivity contribution in [2.45, 2.75) is 6.04 Å². The zero-order chi connectivity index (χ0) is 20.3. The maximum Gasteiger partial charge on any atom is 0.261 e. The molecular weight excluding hydrogens is 372 g/mol. The lowest BCUT2D eigenvalue weighted by Crippen LogP contribution is -2.22. The summed E-state index contributed by atoms with van der Waals surface area (Å²) in [4.78, 5) is 13.0. The van der Waals surface area contributed by atoms with E-state index in [-0.39, 0.29) is 11.9 Å². The van der Waals surface area contributed by atoms with Gasteiger partial charge in [0.1, 0.15) is 11.4 Å². The number of nitrogens with zero attached hydrogens (tertiary/aromatic N) is 2.